The maximum atomic E-state index is 13.1. The van der Waals surface area contributed by atoms with Gasteiger partial charge in [-0.2, -0.15) is 0 Å². The van der Waals surface area contributed by atoms with Gasteiger partial charge in [0.15, 0.2) is 11.6 Å². The van der Waals surface area contributed by atoms with Gasteiger partial charge < -0.3 is 15.4 Å². The molecule has 1 aliphatic heterocycles. The van der Waals surface area contributed by atoms with Gasteiger partial charge in [0.05, 0.1) is 12.5 Å². The Morgan fingerprint density at radius 2 is 1.92 bits per heavy atom. The molecule has 0 radical (unpaired) electrons. The van der Waals surface area contributed by atoms with Crippen LogP contribution in [0.15, 0.2) is 42.5 Å². The molecule has 0 aromatic heterocycles. The van der Waals surface area contributed by atoms with Crippen LogP contribution in [0.2, 0.25) is 0 Å². The Bertz CT molecular complexity index is 811. The molecule has 2 amide bonds. The van der Waals surface area contributed by atoms with Crippen LogP contribution < -0.4 is 15.4 Å². The number of anilines is 1. The van der Waals surface area contributed by atoms with E-state index in [1.165, 1.54) is 6.07 Å². The van der Waals surface area contributed by atoms with Crippen molar-refractivity contribution in [3.05, 3.63) is 59.7 Å². The summed E-state index contributed by atoms with van der Waals surface area (Å²) in [4.78, 5) is 24.0. The lowest BCUT2D eigenvalue weighted by Gasteiger charge is -2.24. The molecule has 3 rings (SSSR count). The summed E-state index contributed by atoms with van der Waals surface area (Å²) in [5.74, 6) is -2.50. The topological polar surface area (TPSA) is 67.4 Å². The van der Waals surface area contributed by atoms with Gasteiger partial charge >= 0.3 is 0 Å². The number of amides is 2. The second-order valence-corrected chi connectivity index (χ2v) is 5.71. The van der Waals surface area contributed by atoms with Crippen LogP contribution in [0.3, 0.4) is 0 Å². The molecule has 1 atom stereocenters. The average molecular weight is 346 g/mol. The van der Waals surface area contributed by atoms with Crippen molar-refractivity contribution in [2.75, 3.05) is 18.5 Å². The fourth-order valence-electron chi connectivity index (χ4n) is 2.59. The van der Waals surface area contributed by atoms with Crippen molar-refractivity contribution in [3.63, 3.8) is 0 Å². The first-order valence-corrected chi connectivity index (χ1v) is 7.76. The second kappa shape index (κ2) is 7.29. The number of halogens is 2. The third kappa shape index (κ3) is 4.12. The van der Waals surface area contributed by atoms with E-state index in [2.05, 4.69) is 10.6 Å². The molecule has 0 unspecified atom stereocenters. The molecule has 1 aliphatic rings. The minimum Gasteiger partial charge on any atom is -0.492 e. The van der Waals surface area contributed by atoms with E-state index < -0.39 is 17.5 Å². The zero-order chi connectivity index (χ0) is 17.8. The molecular formula is C18H16F2N2O3. The summed E-state index contributed by atoms with van der Waals surface area (Å²) in [5, 5.41) is 4.92. The average Bonchev–Trinajstić information content (AvgIpc) is 2.62. The number of fused-ring (bicyclic) bond motifs is 1. The SMILES string of the molecule is O=C(CNC(=O)[C@@H]1COc2ccccc2C1)Nc1ccc(F)c(F)c1. The van der Waals surface area contributed by atoms with Gasteiger partial charge in [0, 0.05) is 11.8 Å². The Hall–Kier alpha value is -2.96. The molecule has 0 bridgehead atoms. The molecule has 130 valence electrons. The maximum absolute atomic E-state index is 13.1. The molecule has 0 saturated carbocycles. The van der Waals surface area contributed by atoms with E-state index in [4.69, 9.17) is 4.74 Å². The Morgan fingerprint density at radius 3 is 2.72 bits per heavy atom. The largest absolute Gasteiger partial charge is 0.492 e. The van der Waals surface area contributed by atoms with Crippen molar-refractivity contribution < 1.29 is 23.1 Å². The van der Waals surface area contributed by atoms with E-state index in [1.54, 1.807) is 0 Å². The molecule has 7 heteroatoms. The van der Waals surface area contributed by atoms with Gasteiger partial charge in [0.25, 0.3) is 0 Å². The first-order chi connectivity index (χ1) is 12.0. The van der Waals surface area contributed by atoms with Gasteiger partial charge in [-0.1, -0.05) is 18.2 Å². The highest BCUT2D eigenvalue weighted by Gasteiger charge is 2.25. The Labute approximate surface area is 143 Å². The highest BCUT2D eigenvalue weighted by Crippen LogP contribution is 2.26. The van der Waals surface area contributed by atoms with E-state index >= 15 is 0 Å². The van der Waals surface area contributed by atoms with Crippen LogP contribution in [0, 0.1) is 17.6 Å². The molecule has 1 heterocycles. The molecule has 0 fully saturated rings. The third-order valence-electron chi connectivity index (χ3n) is 3.88. The predicted molar refractivity (Wildman–Crippen MR) is 87.1 cm³/mol. The lowest BCUT2D eigenvalue weighted by atomic mass is 9.96. The molecule has 5 nitrogen and oxygen atoms in total. The standard InChI is InChI=1S/C18H16F2N2O3/c19-14-6-5-13(8-15(14)20)22-17(23)9-21-18(24)12-7-11-3-1-2-4-16(11)25-10-12/h1-6,8,12H,7,9-10H2,(H,21,24)(H,22,23)/t12-/m0/s1. The molecule has 0 spiro atoms. The van der Waals surface area contributed by atoms with Crippen molar-refractivity contribution in [2.45, 2.75) is 6.42 Å². The number of para-hydroxylation sites is 1. The van der Waals surface area contributed by atoms with Crippen molar-refractivity contribution in [1.82, 2.24) is 5.32 Å². The number of nitrogens with one attached hydrogen (secondary N) is 2. The van der Waals surface area contributed by atoms with Gasteiger partial charge in [-0.15, -0.1) is 0 Å². The number of hydrogen-bond acceptors (Lipinski definition) is 3. The number of hydrogen-bond donors (Lipinski definition) is 2. The van der Waals surface area contributed by atoms with Crippen LogP contribution >= 0.6 is 0 Å². The number of carbonyl (C=O) groups is 2. The van der Waals surface area contributed by atoms with Crippen molar-refractivity contribution in [2.24, 2.45) is 5.92 Å². The van der Waals surface area contributed by atoms with Gasteiger partial charge in [0.2, 0.25) is 11.8 Å². The summed E-state index contributed by atoms with van der Waals surface area (Å²) < 4.78 is 31.5. The quantitative estimate of drug-likeness (QED) is 0.892. The van der Waals surface area contributed by atoms with Crippen LogP contribution in [-0.2, 0) is 16.0 Å². The van der Waals surface area contributed by atoms with Gasteiger partial charge in [-0.3, -0.25) is 9.59 Å². The fourth-order valence-corrected chi connectivity index (χ4v) is 2.59. The van der Waals surface area contributed by atoms with Gasteiger partial charge in [0.1, 0.15) is 12.4 Å². The predicted octanol–water partition coefficient (Wildman–Crippen LogP) is 2.27. The smallest absolute Gasteiger partial charge is 0.243 e. The maximum Gasteiger partial charge on any atom is 0.243 e. The zero-order valence-electron chi connectivity index (χ0n) is 13.2. The second-order valence-electron chi connectivity index (χ2n) is 5.71. The highest BCUT2D eigenvalue weighted by atomic mass is 19.2. The summed E-state index contributed by atoms with van der Waals surface area (Å²) in [7, 11) is 0. The number of carbonyl (C=O) groups excluding carboxylic acids is 2. The van der Waals surface area contributed by atoms with Crippen molar-refractivity contribution in [3.8, 4) is 5.75 Å². The number of rotatable bonds is 4. The zero-order valence-corrected chi connectivity index (χ0v) is 13.2. The van der Waals surface area contributed by atoms with Crippen LogP contribution in [0.1, 0.15) is 5.56 Å². The summed E-state index contributed by atoms with van der Waals surface area (Å²) >= 11 is 0. The lowest BCUT2D eigenvalue weighted by Crippen LogP contribution is -2.40. The number of ether oxygens (including phenoxy) is 1. The fraction of sp³-hybridized carbons (Fsp3) is 0.222. The Morgan fingerprint density at radius 1 is 1.12 bits per heavy atom. The van der Waals surface area contributed by atoms with E-state index in [1.807, 2.05) is 24.3 Å². The van der Waals surface area contributed by atoms with Crippen LogP contribution in [0.5, 0.6) is 5.75 Å². The Balaban J connectivity index is 1.50. The van der Waals surface area contributed by atoms with Crippen LogP contribution in [-0.4, -0.2) is 25.0 Å². The molecule has 25 heavy (non-hydrogen) atoms. The third-order valence-corrected chi connectivity index (χ3v) is 3.88. The highest BCUT2D eigenvalue weighted by molar-refractivity contribution is 5.94. The summed E-state index contributed by atoms with van der Waals surface area (Å²) in [6.07, 6.45) is 0.535. The first kappa shape index (κ1) is 16.9. The minimum absolute atomic E-state index is 0.119. The summed E-state index contributed by atoms with van der Waals surface area (Å²) in [5.41, 5.74) is 1.06. The van der Waals surface area contributed by atoms with E-state index in [0.717, 1.165) is 23.4 Å². The van der Waals surface area contributed by atoms with Crippen molar-refractivity contribution >= 4 is 17.5 Å². The van der Waals surface area contributed by atoms with E-state index in [0.29, 0.717) is 6.42 Å². The monoisotopic (exact) mass is 346 g/mol. The summed E-state index contributed by atoms with van der Waals surface area (Å²) in [6, 6.07) is 10.5. The Kier molecular flexibility index (Phi) is 4.92. The normalized spacial score (nSPS) is 15.7. The van der Waals surface area contributed by atoms with E-state index in [-0.39, 0.29) is 30.7 Å². The van der Waals surface area contributed by atoms with Crippen molar-refractivity contribution in [1.29, 1.82) is 0 Å². The molecule has 0 aliphatic carbocycles. The molecule has 2 N–H and O–H groups in total. The summed E-state index contributed by atoms with van der Waals surface area (Å²) in [6.45, 7) is -0.0242. The molecular weight excluding hydrogens is 330 g/mol. The van der Waals surface area contributed by atoms with Gasteiger partial charge in [-0.25, -0.2) is 8.78 Å². The first-order valence-electron chi connectivity index (χ1n) is 7.76. The number of benzene rings is 2. The van der Waals surface area contributed by atoms with Crippen LogP contribution in [0.25, 0.3) is 0 Å². The lowest BCUT2D eigenvalue weighted by molar-refractivity contribution is -0.128. The molecule has 2 aromatic rings. The van der Waals surface area contributed by atoms with Gasteiger partial charge in [-0.05, 0) is 30.2 Å². The van der Waals surface area contributed by atoms with E-state index in [9.17, 15) is 18.4 Å². The van der Waals surface area contributed by atoms with Crippen LogP contribution in [0.4, 0.5) is 14.5 Å². The molecule has 0 saturated heterocycles. The minimum atomic E-state index is -1.06. The molecule has 2 aromatic carbocycles.